The van der Waals surface area contributed by atoms with E-state index >= 15 is 0 Å². The van der Waals surface area contributed by atoms with Gasteiger partial charge in [0.2, 0.25) is 0 Å². The van der Waals surface area contributed by atoms with E-state index in [1.807, 2.05) is 24.3 Å². The number of benzene rings is 2. The van der Waals surface area contributed by atoms with E-state index in [2.05, 4.69) is 0 Å². The highest BCUT2D eigenvalue weighted by Gasteiger charge is 2.24. The van der Waals surface area contributed by atoms with Crippen LogP contribution in [0.2, 0.25) is 0 Å². The molecule has 1 fully saturated rings. The molecule has 1 aliphatic rings. The summed E-state index contributed by atoms with van der Waals surface area (Å²) in [5.74, 6) is 2.28. The zero-order chi connectivity index (χ0) is 15.4. The van der Waals surface area contributed by atoms with Crippen molar-refractivity contribution in [1.29, 1.82) is 0 Å². The van der Waals surface area contributed by atoms with Crippen LogP contribution in [-0.4, -0.2) is 12.6 Å². The average molecular weight is 338 g/mol. The van der Waals surface area contributed by atoms with Crippen LogP contribution in [0.5, 0.6) is 17.2 Å². The molecule has 0 unspecified atom stereocenters. The first-order valence-corrected chi connectivity index (χ1v) is 7.62. The number of halogens is 2. The van der Waals surface area contributed by atoms with Gasteiger partial charge in [-0.25, -0.2) is 4.39 Å². The minimum atomic E-state index is -0.277. The smallest absolute Gasteiger partial charge is 0.127 e. The van der Waals surface area contributed by atoms with E-state index in [0.29, 0.717) is 24.0 Å². The molecule has 2 aromatic carbocycles. The van der Waals surface area contributed by atoms with Crippen molar-refractivity contribution in [3.05, 3.63) is 54.3 Å². The molecule has 0 heterocycles. The molecule has 0 radical (unpaired) electrons. The van der Waals surface area contributed by atoms with Gasteiger partial charge in [-0.2, -0.15) is 0 Å². The third kappa shape index (κ3) is 4.85. The highest BCUT2D eigenvalue weighted by molar-refractivity contribution is 5.85. The molecular weight excluding hydrogens is 317 g/mol. The van der Waals surface area contributed by atoms with Crippen LogP contribution in [0.25, 0.3) is 0 Å². The molecule has 0 amide bonds. The lowest BCUT2D eigenvalue weighted by Crippen LogP contribution is -2.28. The molecule has 0 aromatic heterocycles. The van der Waals surface area contributed by atoms with Gasteiger partial charge in [-0.05, 0) is 61.4 Å². The summed E-state index contributed by atoms with van der Waals surface area (Å²) in [5, 5.41) is 0. The lowest BCUT2D eigenvalue weighted by molar-refractivity contribution is 0.239. The second kappa shape index (κ2) is 8.18. The number of rotatable bonds is 5. The van der Waals surface area contributed by atoms with Crippen molar-refractivity contribution in [2.75, 3.05) is 6.61 Å². The van der Waals surface area contributed by atoms with Gasteiger partial charge in [-0.15, -0.1) is 12.4 Å². The van der Waals surface area contributed by atoms with E-state index < -0.39 is 0 Å². The van der Waals surface area contributed by atoms with Crippen LogP contribution in [0.15, 0.2) is 48.5 Å². The summed E-state index contributed by atoms with van der Waals surface area (Å²) in [6.45, 7) is 0.666. The third-order valence-electron chi connectivity index (χ3n) is 4.06. The fourth-order valence-electron chi connectivity index (χ4n) is 2.72. The molecule has 1 aliphatic carbocycles. The van der Waals surface area contributed by atoms with Crippen LogP contribution >= 0.6 is 12.4 Å². The maximum absolute atomic E-state index is 12.8. The molecule has 0 aliphatic heterocycles. The average Bonchev–Trinajstić information content (AvgIpc) is 2.94. The number of hydrogen-bond donors (Lipinski definition) is 1. The monoisotopic (exact) mass is 337 g/mol. The van der Waals surface area contributed by atoms with Crippen molar-refractivity contribution in [3.8, 4) is 17.2 Å². The predicted octanol–water partition coefficient (Wildman–Crippen LogP) is 4.55. The Labute approximate surface area is 142 Å². The van der Waals surface area contributed by atoms with E-state index in [1.165, 1.54) is 18.6 Å². The minimum absolute atomic E-state index is 0. The molecule has 2 atom stereocenters. The first kappa shape index (κ1) is 17.6. The van der Waals surface area contributed by atoms with E-state index in [-0.39, 0.29) is 24.3 Å². The Morgan fingerprint density at radius 2 is 1.48 bits per heavy atom. The Morgan fingerprint density at radius 3 is 2.04 bits per heavy atom. The van der Waals surface area contributed by atoms with E-state index in [0.717, 1.165) is 18.6 Å². The molecule has 124 valence electrons. The molecule has 3 nitrogen and oxygen atoms in total. The Hall–Kier alpha value is -1.78. The summed E-state index contributed by atoms with van der Waals surface area (Å²) in [5.41, 5.74) is 6.04. The summed E-state index contributed by atoms with van der Waals surface area (Å²) in [6.07, 6.45) is 3.44. The van der Waals surface area contributed by atoms with Crippen LogP contribution < -0.4 is 15.2 Å². The van der Waals surface area contributed by atoms with Crippen molar-refractivity contribution < 1.29 is 13.9 Å². The van der Waals surface area contributed by atoms with E-state index in [1.54, 1.807) is 12.1 Å². The summed E-state index contributed by atoms with van der Waals surface area (Å²) >= 11 is 0. The molecule has 0 spiro atoms. The Bertz CT molecular complexity index is 603. The van der Waals surface area contributed by atoms with Crippen LogP contribution in [0.1, 0.15) is 19.3 Å². The highest BCUT2D eigenvalue weighted by Crippen LogP contribution is 2.27. The summed E-state index contributed by atoms with van der Waals surface area (Å²) < 4.78 is 24.3. The van der Waals surface area contributed by atoms with Crippen LogP contribution in [-0.2, 0) is 0 Å². The molecule has 0 saturated heterocycles. The van der Waals surface area contributed by atoms with Crippen molar-refractivity contribution in [3.63, 3.8) is 0 Å². The van der Waals surface area contributed by atoms with Crippen molar-refractivity contribution in [1.82, 2.24) is 0 Å². The normalized spacial score (nSPS) is 19.9. The quantitative estimate of drug-likeness (QED) is 0.870. The van der Waals surface area contributed by atoms with Gasteiger partial charge in [0.25, 0.3) is 0 Å². The van der Waals surface area contributed by atoms with Crippen molar-refractivity contribution in [2.24, 2.45) is 11.7 Å². The lowest BCUT2D eigenvalue weighted by atomic mass is 10.1. The Kier molecular flexibility index (Phi) is 6.25. The van der Waals surface area contributed by atoms with Gasteiger partial charge in [-0.1, -0.05) is 6.42 Å². The minimum Gasteiger partial charge on any atom is -0.493 e. The van der Waals surface area contributed by atoms with Crippen LogP contribution in [0.4, 0.5) is 4.39 Å². The number of nitrogens with two attached hydrogens (primary N) is 1. The molecule has 3 rings (SSSR count). The van der Waals surface area contributed by atoms with Gasteiger partial charge in [0, 0.05) is 12.0 Å². The standard InChI is InChI=1S/C18H20FNO2.ClH/c19-14-4-6-16(7-5-14)22-17-10-8-15(9-11-17)21-12-13-2-1-3-18(13)20;/h4-11,13,18H,1-3,12,20H2;1H/t13-,18-;/m0./s1. The van der Waals surface area contributed by atoms with Crippen LogP contribution in [0.3, 0.4) is 0 Å². The van der Waals surface area contributed by atoms with Gasteiger partial charge in [0.05, 0.1) is 6.61 Å². The molecule has 23 heavy (non-hydrogen) atoms. The van der Waals surface area contributed by atoms with Crippen molar-refractivity contribution >= 4 is 12.4 Å². The Morgan fingerprint density at radius 1 is 0.913 bits per heavy atom. The third-order valence-corrected chi connectivity index (χ3v) is 4.06. The van der Waals surface area contributed by atoms with Crippen molar-refractivity contribution in [2.45, 2.75) is 25.3 Å². The van der Waals surface area contributed by atoms with Gasteiger partial charge in [-0.3, -0.25) is 0 Å². The molecule has 1 saturated carbocycles. The van der Waals surface area contributed by atoms with E-state index in [4.69, 9.17) is 15.2 Å². The van der Waals surface area contributed by atoms with Gasteiger partial charge in [0.1, 0.15) is 23.1 Å². The second-order valence-electron chi connectivity index (χ2n) is 5.69. The van der Waals surface area contributed by atoms with Gasteiger partial charge < -0.3 is 15.2 Å². The largest absolute Gasteiger partial charge is 0.493 e. The highest BCUT2D eigenvalue weighted by atomic mass is 35.5. The maximum Gasteiger partial charge on any atom is 0.127 e. The zero-order valence-electron chi connectivity index (χ0n) is 12.8. The predicted molar refractivity (Wildman–Crippen MR) is 91.0 cm³/mol. The Balaban J connectivity index is 0.00000192. The molecule has 5 heteroatoms. The summed E-state index contributed by atoms with van der Waals surface area (Å²) in [4.78, 5) is 0. The fourth-order valence-corrected chi connectivity index (χ4v) is 2.72. The number of hydrogen-bond acceptors (Lipinski definition) is 3. The SMILES string of the molecule is Cl.N[C@H]1CCC[C@H]1COc1ccc(Oc2ccc(F)cc2)cc1. The first-order chi connectivity index (χ1) is 10.7. The summed E-state index contributed by atoms with van der Waals surface area (Å²) in [7, 11) is 0. The van der Waals surface area contributed by atoms with Gasteiger partial charge >= 0.3 is 0 Å². The fraction of sp³-hybridized carbons (Fsp3) is 0.333. The van der Waals surface area contributed by atoms with Gasteiger partial charge in [0.15, 0.2) is 0 Å². The maximum atomic E-state index is 12.8. The number of ether oxygens (including phenoxy) is 2. The zero-order valence-corrected chi connectivity index (χ0v) is 13.6. The van der Waals surface area contributed by atoms with E-state index in [9.17, 15) is 4.39 Å². The molecular formula is C18H21ClFNO2. The molecule has 0 bridgehead atoms. The second-order valence-corrected chi connectivity index (χ2v) is 5.69. The van der Waals surface area contributed by atoms with Crippen LogP contribution in [0, 0.1) is 11.7 Å². The molecule has 2 N–H and O–H groups in total. The lowest BCUT2D eigenvalue weighted by Gasteiger charge is -2.16. The first-order valence-electron chi connectivity index (χ1n) is 7.62. The summed E-state index contributed by atoms with van der Waals surface area (Å²) in [6, 6.07) is 13.6. The topological polar surface area (TPSA) is 44.5 Å². The molecule has 2 aromatic rings.